The molecule has 0 aliphatic carbocycles. The number of amides is 2. The minimum Gasteiger partial charge on any atom is -0.463 e. The quantitative estimate of drug-likeness (QED) is 0.483. The first-order valence-corrected chi connectivity index (χ1v) is 10.2. The van der Waals surface area contributed by atoms with Crippen LogP contribution in [0.15, 0.2) is 33.9 Å². The van der Waals surface area contributed by atoms with Gasteiger partial charge in [0.1, 0.15) is 5.82 Å². The SMILES string of the molecule is CCOC(=O)C1=C(CSc2n[nH]c(/C=C/c3cccs3)n2)NC(=O)NC1C. The first-order valence-electron chi connectivity index (χ1n) is 8.31. The fraction of sp³-hybridized carbons (Fsp3) is 0.294. The van der Waals surface area contributed by atoms with E-state index in [4.69, 9.17) is 4.74 Å². The van der Waals surface area contributed by atoms with Crippen LogP contribution in [-0.2, 0) is 9.53 Å². The minimum absolute atomic E-state index is 0.268. The molecule has 2 amide bonds. The molecule has 8 nitrogen and oxygen atoms in total. The van der Waals surface area contributed by atoms with Gasteiger partial charge in [0.05, 0.1) is 18.2 Å². The summed E-state index contributed by atoms with van der Waals surface area (Å²) < 4.78 is 5.10. The lowest BCUT2D eigenvalue weighted by Gasteiger charge is -2.26. The number of hydrogen-bond donors (Lipinski definition) is 3. The molecule has 1 aliphatic rings. The summed E-state index contributed by atoms with van der Waals surface area (Å²) in [4.78, 5) is 29.5. The Hall–Kier alpha value is -2.59. The van der Waals surface area contributed by atoms with E-state index in [1.165, 1.54) is 11.8 Å². The second-order valence-corrected chi connectivity index (χ2v) is 7.50. The highest BCUT2D eigenvalue weighted by Crippen LogP contribution is 2.22. The molecule has 2 aromatic rings. The van der Waals surface area contributed by atoms with Crippen molar-refractivity contribution in [2.45, 2.75) is 25.0 Å². The average molecular weight is 406 g/mol. The zero-order valence-electron chi connectivity index (χ0n) is 14.8. The van der Waals surface area contributed by atoms with Gasteiger partial charge in [-0.05, 0) is 37.4 Å². The van der Waals surface area contributed by atoms with Crippen molar-refractivity contribution in [3.63, 3.8) is 0 Å². The predicted octanol–water partition coefficient (Wildman–Crippen LogP) is 2.65. The van der Waals surface area contributed by atoms with Crippen LogP contribution in [0, 0.1) is 0 Å². The number of nitrogens with one attached hydrogen (secondary N) is 3. The van der Waals surface area contributed by atoms with Gasteiger partial charge in [0.25, 0.3) is 0 Å². The number of esters is 1. The highest BCUT2D eigenvalue weighted by atomic mass is 32.2. The van der Waals surface area contributed by atoms with Gasteiger partial charge in [0, 0.05) is 16.3 Å². The summed E-state index contributed by atoms with van der Waals surface area (Å²) in [5.41, 5.74) is 0.924. The molecule has 1 aliphatic heterocycles. The molecule has 0 spiro atoms. The lowest BCUT2D eigenvalue weighted by molar-refractivity contribution is -0.138. The van der Waals surface area contributed by atoms with Gasteiger partial charge in [-0.15, -0.1) is 16.4 Å². The van der Waals surface area contributed by atoms with E-state index in [0.29, 0.717) is 28.0 Å². The molecule has 1 unspecified atom stereocenters. The van der Waals surface area contributed by atoms with Gasteiger partial charge in [-0.2, -0.15) is 0 Å². The molecule has 0 saturated carbocycles. The molecule has 27 heavy (non-hydrogen) atoms. The Morgan fingerprint density at radius 1 is 1.44 bits per heavy atom. The molecular formula is C17H19N5O3S2. The molecule has 0 aromatic carbocycles. The second kappa shape index (κ2) is 8.87. The lowest BCUT2D eigenvalue weighted by Crippen LogP contribution is -2.49. The molecule has 142 valence electrons. The van der Waals surface area contributed by atoms with E-state index in [0.717, 1.165) is 4.88 Å². The highest BCUT2D eigenvalue weighted by molar-refractivity contribution is 7.99. The molecule has 3 heterocycles. The second-order valence-electron chi connectivity index (χ2n) is 5.57. The van der Waals surface area contributed by atoms with Crippen LogP contribution in [-0.4, -0.2) is 45.6 Å². The molecule has 0 saturated heterocycles. The third-order valence-corrected chi connectivity index (χ3v) is 5.35. The summed E-state index contributed by atoms with van der Waals surface area (Å²) in [6.45, 7) is 3.76. The number of ether oxygens (including phenoxy) is 1. The summed E-state index contributed by atoms with van der Waals surface area (Å²) in [7, 11) is 0. The van der Waals surface area contributed by atoms with Crippen molar-refractivity contribution in [3.8, 4) is 0 Å². The van der Waals surface area contributed by atoms with Crippen LogP contribution in [0.3, 0.4) is 0 Å². The smallest absolute Gasteiger partial charge is 0.337 e. The van der Waals surface area contributed by atoms with Crippen LogP contribution in [0.4, 0.5) is 4.79 Å². The predicted molar refractivity (Wildman–Crippen MR) is 105 cm³/mol. The topological polar surface area (TPSA) is 109 Å². The summed E-state index contributed by atoms with van der Waals surface area (Å²) in [6.07, 6.45) is 3.80. The van der Waals surface area contributed by atoms with E-state index >= 15 is 0 Å². The number of H-pyrrole nitrogens is 1. The number of hydrogen-bond acceptors (Lipinski definition) is 7. The number of thioether (sulfide) groups is 1. The lowest BCUT2D eigenvalue weighted by atomic mass is 10.1. The summed E-state index contributed by atoms with van der Waals surface area (Å²) in [5, 5.41) is 14.9. The van der Waals surface area contributed by atoms with Crippen molar-refractivity contribution in [3.05, 3.63) is 39.5 Å². The summed E-state index contributed by atoms with van der Waals surface area (Å²) in [5.74, 6) is 0.536. The molecular weight excluding hydrogens is 386 g/mol. The first kappa shape index (κ1) is 19.2. The third kappa shape index (κ3) is 4.98. The van der Waals surface area contributed by atoms with Crippen LogP contribution in [0.5, 0.6) is 0 Å². The van der Waals surface area contributed by atoms with Gasteiger partial charge in [-0.1, -0.05) is 17.8 Å². The molecule has 3 rings (SSSR count). The number of carbonyl (C=O) groups is 2. The van der Waals surface area contributed by atoms with Crippen molar-refractivity contribution in [1.29, 1.82) is 0 Å². The van der Waals surface area contributed by atoms with Crippen molar-refractivity contribution in [2.75, 3.05) is 12.4 Å². The maximum absolute atomic E-state index is 12.2. The maximum Gasteiger partial charge on any atom is 0.337 e. The van der Waals surface area contributed by atoms with Crippen LogP contribution in [0.1, 0.15) is 24.5 Å². The molecule has 2 aromatic heterocycles. The number of aromatic nitrogens is 3. The molecule has 0 bridgehead atoms. The number of rotatable bonds is 7. The number of nitrogens with zero attached hydrogens (tertiary/aromatic N) is 2. The largest absolute Gasteiger partial charge is 0.463 e. The van der Waals surface area contributed by atoms with E-state index in [1.54, 1.807) is 25.2 Å². The summed E-state index contributed by atoms with van der Waals surface area (Å²) >= 11 is 2.96. The fourth-order valence-corrected chi connectivity index (χ4v) is 3.87. The molecule has 1 atom stereocenters. The average Bonchev–Trinajstić information content (AvgIpc) is 3.29. The van der Waals surface area contributed by atoms with E-state index in [-0.39, 0.29) is 12.6 Å². The van der Waals surface area contributed by atoms with Crippen molar-refractivity contribution >= 4 is 47.3 Å². The third-order valence-electron chi connectivity index (χ3n) is 3.64. The zero-order chi connectivity index (χ0) is 19.2. The Morgan fingerprint density at radius 2 is 2.30 bits per heavy atom. The molecule has 10 heteroatoms. The maximum atomic E-state index is 12.2. The van der Waals surface area contributed by atoms with Gasteiger partial charge < -0.3 is 15.4 Å². The van der Waals surface area contributed by atoms with Gasteiger partial charge in [-0.3, -0.25) is 5.10 Å². The number of carbonyl (C=O) groups excluding carboxylic acids is 2. The van der Waals surface area contributed by atoms with Gasteiger partial charge >= 0.3 is 12.0 Å². The minimum atomic E-state index is -0.442. The fourth-order valence-electron chi connectivity index (χ4n) is 2.47. The van der Waals surface area contributed by atoms with E-state index in [1.807, 2.05) is 29.7 Å². The van der Waals surface area contributed by atoms with Crippen LogP contribution < -0.4 is 10.6 Å². The van der Waals surface area contributed by atoms with Crippen LogP contribution >= 0.6 is 23.1 Å². The zero-order valence-corrected chi connectivity index (χ0v) is 16.4. The van der Waals surface area contributed by atoms with E-state index in [2.05, 4.69) is 25.8 Å². The summed E-state index contributed by atoms with van der Waals surface area (Å²) in [6, 6.07) is 3.22. The Bertz CT molecular complexity index is 873. The van der Waals surface area contributed by atoms with Gasteiger partial charge in [0.2, 0.25) is 5.16 Å². The Morgan fingerprint density at radius 3 is 3.04 bits per heavy atom. The van der Waals surface area contributed by atoms with Crippen LogP contribution in [0.2, 0.25) is 0 Å². The van der Waals surface area contributed by atoms with Crippen molar-refractivity contribution in [2.24, 2.45) is 0 Å². The van der Waals surface area contributed by atoms with E-state index in [9.17, 15) is 9.59 Å². The number of urea groups is 1. The van der Waals surface area contributed by atoms with Crippen molar-refractivity contribution in [1.82, 2.24) is 25.8 Å². The monoisotopic (exact) mass is 405 g/mol. The van der Waals surface area contributed by atoms with Crippen molar-refractivity contribution < 1.29 is 14.3 Å². The Balaban J connectivity index is 1.69. The molecule has 0 fully saturated rings. The van der Waals surface area contributed by atoms with Gasteiger partial charge in [-0.25, -0.2) is 14.6 Å². The highest BCUT2D eigenvalue weighted by Gasteiger charge is 2.29. The van der Waals surface area contributed by atoms with Gasteiger partial charge in [0.15, 0.2) is 0 Å². The standard InChI is InChI=1S/C17H19N5O3S2/c1-3-25-15(23)14-10(2)18-16(24)19-12(14)9-27-17-20-13(21-22-17)7-6-11-5-4-8-26-11/h4-8,10H,3,9H2,1-2H3,(H2,18,19,24)(H,20,21,22)/b7-6+. The molecule has 3 N–H and O–H groups in total. The normalized spacial score (nSPS) is 17.1. The molecule has 0 radical (unpaired) electrons. The number of thiophene rings is 1. The Labute approximate surface area is 164 Å². The van der Waals surface area contributed by atoms with E-state index < -0.39 is 12.0 Å². The van der Waals surface area contributed by atoms with Crippen LogP contribution in [0.25, 0.3) is 12.2 Å². The first-order chi connectivity index (χ1) is 13.1. The Kier molecular flexibility index (Phi) is 6.30. The number of aromatic amines is 1.